The molecule has 1 aromatic carbocycles. The van der Waals surface area contributed by atoms with Crippen molar-refractivity contribution in [3.05, 3.63) is 47.8 Å². The number of anilines is 1. The SMILES string of the molecule is Cc1ocnc1C(=O)N(CCC(C)C)c1nnc(C)c2ccccc12. The molecule has 0 radical (unpaired) electrons. The third kappa shape index (κ3) is 3.38. The predicted octanol–water partition coefficient (Wildman–Crippen LogP) is 3.93. The van der Waals surface area contributed by atoms with Gasteiger partial charge in [0.25, 0.3) is 5.91 Å². The highest BCUT2D eigenvalue weighted by molar-refractivity contribution is 6.09. The van der Waals surface area contributed by atoms with Crippen LogP contribution in [-0.2, 0) is 0 Å². The summed E-state index contributed by atoms with van der Waals surface area (Å²) in [6.45, 7) is 8.46. The molecule has 1 amide bonds. The molecule has 3 aromatic rings. The van der Waals surface area contributed by atoms with Crippen LogP contribution in [0.5, 0.6) is 0 Å². The maximum atomic E-state index is 13.1. The average molecular weight is 338 g/mol. The quantitative estimate of drug-likeness (QED) is 0.705. The molecule has 0 atom stereocenters. The zero-order valence-electron chi connectivity index (χ0n) is 15.0. The van der Waals surface area contributed by atoms with Gasteiger partial charge in [-0.15, -0.1) is 5.10 Å². The molecule has 0 aliphatic heterocycles. The highest BCUT2D eigenvalue weighted by Crippen LogP contribution is 2.27. The van der Waals surface area contributed by atoms with Crippen molar-refractivity contribution in [2.45, 2.75) is 34.1 Å². The molecular formula is C19H22N4O2. The normalized spacial score (nSPS) is 11.2. The zero-order chi connectivity index (χ0) is 18.0. The lowest BCUT2D eigenvalue weighted by Gasteiger charge is -2.23. The second kappa shape index (κ2) is 7.01. The molecule has 0 N–H and O–H groups in total. The number of nitrogens with zero attached hydrogens (tertiary/aromatic N) is 4. The van der Waals surface area contributed by atoms with Gasteiger partial charge in [0.1, 0.15) is 5.76 Å². The highest BCUT2D eigenvalue weighted by Gasteiger charge is 2.25. The summed E-state index contributed by atoms with van der Waals surface area (Å²) in [5.74, 6) is 1.31. The van der Waals surface area contributed by atoms with Gasteiger partial charge in [0, 0.05) is 17.3 Å². The third-order valence-corrected chi connectivity index (χ3v) is 4.23. The largest absolute Gasteiger partial charge is 0.448 e. The molecule has 25 heavy (non-hydrogen) atoms. The Hall–Kier alpha value is -2.76. The number of benzene rings is 1. The molecule has 0 spiro atoms. The second-order valence-corrected chi connectivity index (χ2v) is 6.55. The minimum atomic E-state index is -0.213. The molecule has 0 fully saturated rings. The molecular weight excluding hydrogens is 316 g/mol. The Bertz CT molecular complexity index is 901. The third-order valence-electron chi connectivity index (χ3n) is 4.23. The first-order chi connectivity index (χ1) is 12.0. The molecule has 3 rings (SSSR count). The minimum Gasteiger partial charge on any atom is -0.448 e. The Labute approximate surface area is 146 Å². The van der Waals surface area contributed by atoms with E-state index in [9.17, 15) is 4.79 Å². The molecule has 2 aromatic heterocycles. The molecule has 0 aliphatic carbocycles. The maximum Gasteiger partial charge on any atom is 0.281 e. The Morgan fingerprint density at radius 2 is 1.88 bits per heavy atom. The van der Waals surface area contributed by atoms with Crippen LogP contribution in [0.2, 0.25) is 0 Å². The van der Waals surface area contributed by atoms with Gasteiger partial charge in [0.05, 0.1) is 5.69 Å². The molecule has 6 heteroatoms. The van der Waals surface area contributed by atoms with E-state index in [2.05, 4.69) is 29.0 Å². The van der Waals surface area contributed by atoms with Crippen LogP contribution >= 0.6 is 0 Å². The molecule has 6 nitrogen and oxygen atoms in total. The number of aryl methyl sites for hydroxylation is 2. The summed E-state index contributed by atoms with van der Waals surface area (Å²) in [4.78, 5) is 18.9. The number of oxazole rings is 1. The van der Waals surface area contributed by atoms with Crippen molar-refractivity contribution >= 4 is 22.5 Å². The number of aromatic nitrogens is 3. The van der Waals surface area contributed by atoms with E-state index in [-0.39, 0.29) is 5.91 Å². The van der Waals surface area contributed by atoms with Crippen LogP contribution in [0.15, 0.2) is 35.1 Å². The summed E-state index contributed by atoms with van der Waals surface area (Å²) < 4.78 is 5.21. The fourth-order valence-corrected chi connectivity index (χ4v) is 2.75. The fourth-order valence-electron chi connectivity index (χ4n) is 2.75. The topological polar surface area (TPSA) is 72.1 Å². The van der Waals surface area contributed by atoms with Crippen LogP contribution < -0.4 is 4.90 Å². The van der Waals surface area contributed by atoms with E-state index in [1.54, 1.807) is 11.8 Å². The van der Waals surface area contributed by atoms with Gasteiger partial charge < -0.3 is 4.42 Å². The van der Waals surface area contributed by atoms with Gasteiger partial charge in [-0.1, -0.05) is 38.1 Å². The van der Waals surface area contributed by atoms with Gasteiger partial charge in [0.2, 0.25) is 0 Å². The lowest BCUT2D eigenvalue weighted by Crippen LogP contribution is -2.34. The van der Waals surface area contributed by atoms with Gasteiger partial charge in [-0.25, -0.2) is 4.98 Å². The standard InChI is InChI=1S/C19H22N4O2/c1-12(2)9-10-23(19(24)17-14(4)25-11-20-17)18-16-8-6-5-7-15(16)13(3)21-22-18/h5-8,11-12H,9-10H2,1-4H3. The van der Waals surface area contributed by atoms with Crippen LogP contribution in [0.25, 0.3) is 10.8 Å². The first kappa shape index (κ1) is 17.1. The van der Waals surface area contributed by atoms with Crippen LogP contribution in [0.1, 0.15) is 42.2 Å². The monoisotopic (exact) mass is 338 g/mol. The van der Waals surface area contributed by atoms with Crippen LogP contribution in [0.4, 0.5) is 5.82 Å². The lowest BCUT2D eigenvalue weighted by molar-refractivity contribution is 0.0979. The van der Waals surface area contributed by atoms with Crippen molar-refractivity contribution in [2.75, 3.05) is 11.4 Å². The first-order valence-electron chi connectivity index (χ1n) is 8.43. The molecule has 0 unspecified atom stereocenters. The number of carbonyl (C=O) groups excluding carboxylic acids is 1. The molecule has 2 heterocycles. The molecule has 0 saturated carbocycles. The Balaban J connectivity index is 2.10. The molecule has 130 valence electrons. The Morgan fingerprint density at radius 3 is 2.52 bits per heavy atom. The molecule has 0 bridgehead atoms. The summed E-state index contributed by atoms with van der Waals surface area (Å²) in [6.07, 6.45) is 2.15. The second-order valence-electron chi connectivity index (χ2n) is 6.55. The predicted molar refractivity (Wildman–Crippen MR) is 96.6 cm³/mol. The van der Waals surface area contributed by atoms with E-state index in [1.165, 1.54) is 6.39 Å². The summed E-state index contributed by atoms with van der Waals surface area (Å²) in [6, 6.07) is 7.87. The Kier molecular flexibility index (Phi) is 4.79. The van der Waals surface area contributed by atoms with Crippen molar-refractivity contribution < 1.29 is 9.21 Å². The average Bonchev–Trinajstić information content (AvgIpc) is 3.02. The van der Waals surface area contributed by atoms with E-state index in [1.807, 2.05) is 31.2 Å². The van der Waals surface area contributed by atoms with Crippen LogP contribution in [0.3, 0.4) is 0 Å². The van der Waals surface area contributed by atoms with E-state index in [0.29, 0.717) is 29.7 Å². The van der Waals surface area contributed by atoms with E-state index in [0.717, 1.165) is 22.9 Å². The summed E-state index contributed by atoms with van der Waals surface area (Å²) in [7, 11) is 0. The van der Waals surface area contributed by atoms with Crippen molar-refractivity contribution in [1.29, 1.82) is 0 Å². The number of hydrogen-bond acceptors (Lipinski definition) is 5. The van der Waals surface area contributed by atoms with Crippen molar-refractivity contribution in [3.63, 3.8) is 0 Å². The van der Waals surface area contributed by atoms with Gasteiger partial charge in [0.15, 0.2) is 17.9 Å². The van der Waals surface area contributed by atoms with E-state index < -0.39 is 0 Å². The van der Waals surface area contributed by atoms with Crippen LogP contribution in [0, 0.1) is 19.8 Å². The number of rotatable bonds is 5. The van der Waals surface area contributed by atoms with Gasteiger partial charge >= 0.3 is 0 Å². The maximum absolute atomic E-state index is 13.1. The van der Waals surface area contributed by atoms with Gasteiger partial charge in [-0.2, -0.15) is 5.10 Å². The van der Waals surface area contributed by atoms with E-state index >= 15 is 0 Å². The van der Waals surface area contributed by atoms with Gasteiger partial charge in [-0.05, 0) is 26.2 Å². The van der Waals surface area contributed by atoms with Crippen LogP contribution in [-0.4, -0.2) is 27.6 Å². The number of amides is 1. The number of hydrogen-bond donors (Lipinski definition) is 0. The summed E-state index contributed by atoms with van der Waals surface area (Å²) >= 11 is 0. The summed E-state index contributed by atoms with van der Waals surface area (Å²) in [5.41, 5.74) is 1.16. The van der Waals surface area contributed by atoms with Crippen molar-refractivity contribution in [3.8, 4) is 0 Å². The highest BCUT2D eigenvalue weighted by atomic mass is 16.3. The Morgan fingerprint density at radius 1 is 1.16 bits per heavy atom. The summed E-state index contributed by atoms with van der Waals surface area (Å²) in [5, 5.41) is 10.5. The minimum absolute atomic E-state index is 0.213. The lowest BCUT2D eigenvalue weighted by atomic mass is 10.1. The van der Waals surface area contributed by atoms with Crippen molar-refractivity contribution in [2.24, 2.45) is 5.92 Å². The van der Waals surface area contributed by atoms with Crippen molar-refractivity contribution in [1.82, 2.24) is 15.2 Å². The first-order valence-corrected chi connectivity index (χ1v) is 8.43. The van der Waals surface area contributed by atoms with Gasteiger partial charge in [-0.3, -0.25) is 9.69 Å². The molecule has 0 saturated heterocycles. The smallest absolute Gasteiger partial charge is 0.281 e. The van der Waals surface area contributed by atoms with E-state index in [4.69, 9.17) is 4.42 Å². The number of carbonyl (C=O) groups is 1. The number of fused-ring (bicyclic) bond motifs is 1. The molecule has 0 aliphatic rings. The zero-order valence-corrected chi connectivity index (χ0v) is 15.0. The fraction of sp³-hybridized carbons (Fsp3) is 0.368.